The molecule has 4 nitrogen and oxygen atoms in total. The number of aryl methyl sites for hydroxylation is 2. The Morgan fingerprint density at radius 1 is 1.25 bits per heavy atom. The van der Waals surface area contributed by atoms with Crippen LogP contribution in [0.2, 0.25) is 0 Å². The van der Waals surface area contributed by atoms with E-state index in [0.29, 0.717) is 16.8 Å². The van der Waals surface area contributed by atoms with Gasteiger partial charge in [-0.15, -0.1) is 0 Å². The number of nitrogens with one attached hydrogen (secondary N) is 1. The highest BCUT2D eigenvalue weighted by molar-refractivity contribution is 7.93. The maximum absolute atomic E-state index is 12.2. The van der Waals surface area contributed by atoms with E-state index in [4.69, 9.17) is 5.73 Å². The molecule has 1 rings (SSSR count). The largest absolute Gasteiger partial charge is 0.399 e. The van der Waals surface area contributed by atoms with Crippen molar-refractivity contribution in [2.24, 2.45) is 0 Å². The molecule has 1 aromatic carbocycles. The second kappa shape index (κ2) is 4.25. The first-order valence-electron chi connectivity index (χ1n) is 4.40. The molecule has 0 aliphatic carbocycles. The molecule has 0 fully saturated rings. The SMILES string of the molecule is Cc1cc(N)cc(C)c1NS(=O)(=O)C(F)F. The summed E-state index contributed by atoms with van der Waals surface area (Å²) in [6.07, 6.45) is 0. The predicted octanol–water partition coefficient (Wildman–Crippen LogP) is 1.85. The smallest absolute Gasteiger partial charge is 0.355 e. The zero-order valence-electron chi connectivity index (χ0n) is 8.79. The van der Waals surface area contributed by atoms with E-state index in [1.165, 1.54) is 12.1 Å². The van der Waals surface area contributed by atoms with Crippen LogP contribution in [-0.2, 0) is 10.0 Å². The number of hydrogen-bond donors (Lipinski definition) is 2. The fraction of sp³-hybridized carbons (Fsp3) is 0.333. The molecule has 0 radical (unpaired) electrons. The Hall–Kier alpha value is -1.37. The summed E-state index contributed by atoms with van der Waals surface area (Å²) in [7, 11) is -4.63. The van der Waals surface area contributed by atoms with Gasteiger partial charge in [0.15, 0.2) is 0 Å². The van der Waals surface area contributed by atoms with Crippen molar-refractivity contribution in [3.05, 3.63) is 23.3 Å². The minimum absolute atomic E-state index is 0.148. The van der Waals surface area contributed by atoms with Crippen LogP contribution < -0.4 is 10.5 Å². The van der Waals surface area contributed by atoms with Gasteiger partial charge in [-0.2, -0.15) is 8.78 Å². The van der Waals surface area contributed by atoms with Gasteiger partial charge in [0.25, 0.3) is 10.0 Å². The number of alkyl halides is 2. The van der Waals surface area contributed by atoms with Gasteiger partial charge in [-0.3, -0.25) is 4.72 Å². The van der Waals surface area contributed by atoms with E-state index in [2.05, 4.69) is 0 Å². The lowest BCUT2D eigenvalue weighted by molar-refractivity contribution is 0.236. The average molecular weight is 250 g/mol. The third-order valence-electron chi connectivity index (χ3n) is 2.03. The molecule has 0 bridgehead atoms. The molecule has 0 atom stereocenters. The highest BCUT2D eigenvalue weighted by Gasteiger charge is 2.24. The quantitative estimate of drug-likeness (QED) is 0.804. The molecule has 0 saturated carbocycles. The lowest BCUT2D eigenvalue weighted by Gasteiger charge is -2.13. The van der Waals surface area contributed by atoms with Gasteiger partial charge in [-0.1, -0.05) is 0 Å². The monoisotopic (exact) mass is 250 g/mol. The maximum atomic E-state index is 12.2. The third-order valence-corrected chi connectivity index (χ3v) is 2.99. The van der Waals surface area contributed by atoms with Gasteiger partial charge >= 0.3 is 5.76 Å². The molecule has 0 aliphatic heterocycles. The van der Waals surface area contributed by atoms with Crippen molar-refractivity contribution >= 4 is 21.4 Å². The van der Waals surface area contributed by atoms with E-state index in [9.17, 15) is 17.2 Å². The number of hydrogen-bond acceptors (Lipinski definition) is 3. The van der Waals surface area contributed by atoms with Gasteiger partial charge in [-0.05, 0) is 37.1 Å². The Balaban J connectivity index is 3.17. The van der Waals surface area contributed by atoms with Gasteiger partial charge in [0.05, 0.1) is 5.69 Å². The van der Waals surface area contributed by atoms with E-state index >= 15 is 0 Å². The van der Waals surface area contributed by atoms with Gasteiger partial charge in [-0.25, -0.2) is 8.42 Å². The van der Waals surface area contributed by atoms with Crippen LogP contribution in [0.4, 0.5) is 20.2 Å². The minimum atomic E-state index is -4.63. The Labute approximate surface area is 92.5 Å². The van der Waals surface area contributed by atoms with E-state index in [0.717, 1.165) is 0 Å². The Morgan fingerprint density at radius 3 is 2.06 bits per heavy atom. The molecule has 16 heavy (non-hydrogen) atoms. The molecule has 90 valence electrons. The van der Waals surface area contributed by atoms with Crippen LogP contribution in [0.25, 0.3) is 0 Å². The summed E-state index contributed by atoms with van der Waals surface area (Å²) in [5.41, 5.74) is 7.13. The summed E-state index contributed by atoms with van der Waals surface area (Å²) in [5.74, 6) is -3.45. The molecular formula is C9H12F2N2O2S. The molecule has 0 aromatic heterocycles. The van der Waals surface area contributed by atoms with Gasteiger partial charge < -0.3 is 5.73 Å². The maximum Gasteiger partial charge on any atom is 0.355 e. The first-order chi connectivity index (χ1) is 7.24. The normalized spacial score (nSPS) is 11.8. The van der Waals surface area contributed by atoms with Crippen LogP contribution in [0, 0.1) is 13.8 Å². The predicted molar refractivity (Wildman–Crippen MR) is 58.9 cm³/mol. The fourth-order valence-electron chi connectivity index (χ4n) is 1.34. The van der Waals surface area contributed by atoms with Gasteiger partial charge in [0.2, 0.25) is 0 Å². The summed E-state index contributed by atoms with van der Waals surface area (Å²) in [4.78, 5) is 0. The standard InChI is InChI=1S/C9H12F2N2O2S/c1-5-3-7(12)4-6(2)8(5)13-16(14,15)9(10)11/h3-4,9,13H,12H2,1-2H3. The average Bonchev–Trinajstić information content (AvgIpc) is 2.11. The molecule has 0 spiro atoms. The van der Waals surface area contributed by atoms with Gasteiger partial charge in [0, 0.05) is 5.69 Å². The minimum Gasteiger partial charge on any atom is -0.399 e. The summed E-state index contributed by atoms with van der Waals surface area (Å²) in [6.45, 7) is 3.18. The second-order valence-electron chi connectivity index (χ2n) is 3.44. The van der Waals surface area contributed by atoms with E-state index < -0.39 is 15.8 Å². The first-order valence-corrected chi connectivity index (χ1v) is 5.95. The fourth-order valence-corrected chi connectivity index (χ4v) is 2.04. The third kappa shape index (κ3) is 2.60. The van der Waals surface area contributed by atoms with Crippen molar-refractivity contribution in [1.82, 2.24) is 0 Å². The number of halogens is 2. The topological polar surface area (TPSA) is 72.2 Å². The molecule has 0 amide bonds. The van der Waals surface area contributed by atoms with Crippen LogP contribution in [0.3, 0.4) is 0 Å². The molecule has 1 aromatic rings. The number of benzene rings is 1. The summed E-state index contributed by atoms with van der Waals surface area (Å²) in [6, 6.07) is 3.02. The van der Waals surface area contributed by atoms with Crippen molar-refractivity contribution in [1.29, 1.82) is 0 Å². The Kier molecular flexibility index (Phi) is 3.37. The number of nitrogens with two attached hydrogens (primary N) is 1. The van der Waals surface area contributed by atoms with Crippen LogP contribution in [0.1, 0.15) is 11.1 Å². The molecule has 0 aliphatic rings. The molecule has 7 heteroatoms. The zero-order valence-corrected chi connectivity index (χ0v) is 9.61. The first kappa shape index (κ1) is 12.7. The summed E-state index contributed by atoms with van der Waals surface area (Å²) >= 11 is 0. The van der Waals surface area contributed by atoms with Crippen LogP contribution in [-0.4, -0.2) is 14.2 Å². The molecule has 0 heterocycles. The van der Waals surface area contributed by atoms with E-state index in [1.54, 1.807) is 13.8 Å². The number of sulfonamides is 1. The van der Waals surface area contributed by atoms with Crippen LogP contribution >= 0.6 is 0 Å². The van der Waals surface area contributed by atoms with E-state index in [-0.39, 0.29) is 5.69 Å². The van der Waals surface area contributed by atoms with Crippen molar-refractivity contribution in [2.45, 2.75) is 19.6 Å². The van der Waals surface area contributed by atoms with Crippen LogP contribution in [0.5, 0.6) is 0 Å². The Bertz CT molecular complexity index is 477. The molecule has 3 N–H and O–H groups in total. The van der Waals surface area contributed by atoms with Crippen molar-refractivity contribution in [3.63, 3.8) is 0 Å². The van der Waals surface area contributed by atoms with Gasteiger partial charge in [0.1, 0.15) is 0 Å². The van der Waals surface area contributed by atoms with E-state index in [1.807, 2.05) is 4.72 Å². The lowest BCUT2D eigenvalue weighted by atomic mass is 10.1. The Morgan fingerprint density at radius 2 is 1.69 bits per heavy atom. The molecule has 0 unspecified atom stereocenters. The lowest BCUT2D eigenvalue weighted by Crippen LogP contribution is -2.21. The van der Waals surface area contributed by atoms with Crippen molar-refractivity contribution in [3.8, 4) is 0 Å². The van der Waals surface area contributed by atoms with Crippen molar-refractivity contribution < 1.29 is 17.2 Å². The molecule has 0 saturated heterocycles. The second-order valence-corrected chi connectivity index (χ2v) is 5.09. The summed E-state index contributed by atoms with van der Waals surface area (Å²) < 4.78 is 48.2. The number of anilines is 2. The van der Waals surface area contributed by atoms with Crippen LogP contribution in [0.15, 0.2) is 12.1 Å². The highest BCUT2D eigenvalue weighted by Crippen LogP contribution is 2.25. The molecular weight excluding hydrogens is 238 g/mol. The van der Waals surface area contributed by atoms with Crippen molar-refractivity contribution in [2.75, 3.05) is 10.5 Å². The number of rotatable bonds is 3. The summed E-state index contributed by atoms with van der Waals surface area (Å²) in [5, 5.41) is 0. The highest BCUT2D eigenvalue weighted by atomic mass is 32.2. The number of nitrogen functional groups attached to an aromatic ring is 1. The zero-order chi connectivity index (χ0) is 12.5.